The minimum absolute atomic E-state index is 0.110. The normalized spacial score (nSPS) is 12.7. The molecule has 0 unspecified atom stereocenters. The number of hydrogen-bond acceptors (Lipinski definition) is 4. The number of carbonyl (C=O) groups excluding carboxylic acids is 1. The van der Waals surface area contributed by atoms with Crippen molar-refractivity contribution in [1.82, 2.24) is 20.1 Å². The molecule has 1 N–H and O–H groups in total. The van der Waals surface area contributed by atoms with Crippen LogP contribution >= 0.6 is 11.3 Å². The zero-order valence-electron chi connectivity index (χ0n) is 11.5. The highest BCUT2D eigenvalue weighted by Crippen LogP contribution is 2.16. The molecule has 6 heteroatoms. The van der Waals surface area contributed by atoms with Gasteiger partial charge in [0.15, 0.2) is 0 Å². The molecule has 5 nitrogen and oxygen atoms in total. The SMILES string of the molecule is Cc1nc([C@H](C)NC(=O)c2ccn(C(C)C)n2)cs1. The molecule has 0 fully saturated rings. The van der Waals surface area contributed by atoms with Crippen LogP contribution in [0.2, 0.25) is 0 Å². The van der Waals surface area contributed by atoms with Crippen molar-refractivity contribution in [3.63, 3.8) is 0 Å². The van der Waals surface area contributed by atoms with E-state index in [-0.39, 0.29) is 18.0 Å². The Kier molecular flexibility index (Phi) is 3.99. The van der Waals surface area contributed by atoms with Gasteiger partial charge in [0, 0.05) is 17.6 Å². The molecular formula is C13H18N4OS. The van der Waals surface area contributed by atoms with E-state index in [1.54, 1.807) is 22.1 Å². The number of hydrogen-bond donors (Lipinski definition) is 1. The van der Waals surface area contributed by atoms with Crippen molar-refractivity contribution in [1.29, 1.82) is 0 Å². The molecule has 0 aromatic carbocycles. The highest BCUT2D eigenvalue weighted by Gasteiger charge is 2.16. The second-order valence-corrected chi connectivity index (χ2v) is 5.82. The lowest BCUT2D eigenvalue weighted by Crippen LogP contribution is -2.27. The van der Waals surface area contributed by atoms with Crippen LogP contribution < -0.4 is 5.32 Å². The quantitative estimate of drug-likeness (QED) is 0.935. The molecule has 1 amide bonds. The molecule has 0 saturated heterocycles. The minimum atomic E-state index is -0.169. The van der Waals surface area contributed by atoms with Crippen LogP contribution in [-0.4, -0.2) is 20.7 Å². The number of aryl methyl sites for hydroxylation is 1. The largest absolute Gasteiger partial charge is 0.343 e. The molecule has 0 radical (unpaired) electrons. The van der Waals surface area contributed by atoms with E-state index in [2.05, 4.69) is 15.4 Å². The summed E-state index contributed by atoms with van der Waals surface area (Å²) in [5.74, 6) is -0.169. The summed E-state index contributed by atoms with van der Waals surface area (Å²) in [5, 5.41) is 10.1. The van der Waals surface area contributed by atoms with Gasteiger partial charge in [-0.1, -0.05) is 0 Å². The van der Waals surface area contributed by atoms with Crippen LogP contribution in [0.3, 0.4) is 0 Å². The standard InChI is InChI=1S/C13H18N4OS/c1-8(2)17-6-5-11(16-17)13(18)14-9(3)12-7-19-10(4)15-12/h5-9H,1-4H3,(H,14,18)/t9-/m0/s1. The summed E-state index contributed by atoms with van der Waals surface area (Å²) in [5.41, 5.74) is 1.33. The molecule has 0 bridgehead atoms. The lowest BCUT2D eigenvalue weighted by molar-refractivity contribution is 0.0933. The topological polar surface area (TPSA) is 59.8 Å². The molecule has 0 spiro atoms. The van der Waals surface area contributed by atoms with E-state index in [1.807, 2.05) is 39.3 Å². The fourth-order valence-corrected chi connectivity index (χ4v) is 2.38. The maximum absolute atomic E-state index is 12.1. The van der Waals surface area contributed by atoms with Gasteiger partial charge in [-0.05, 0) is 33.8 Å². The first-order valence-electron chi connectivity index (χ1n) is 6.25. The molecule has 2 heterocycles. The van der Waals surface area contributed by atoms with E-state index in [1.165, 1.54) is 0 Å². The van der Waals surface area contributed by atoms with Crippen LogP contribution in [0.1, 0.15) is 54.0 Å². The van der Waals surface area contributed by atoms with Crippen LogP contribution in [0.25, 0.3) is 0 Å². The predicted octanol–water partition coefficient (Wildman–Crippen LogP) is 2.72. The first-order chi connectivity index (χ1) is 8.97. The third kappa shape index (κ3) is 3.20. The van der Waals surface area contributed by atoms with E-state index in [0.29, 0.717) is 5.69 Å². The molecule has 0 aliphatic heterocycles. The van der Waals surface area contributed by atoms with Crippen molar-refractivity contribution in [2.75, 3.05) is 0 Å². The van der Waals surface area contributed by atoms with Crippen molar-refractivity contribution >= 4 is 17.2 Å². The monoisotopic (exact) mass is 278 g/mol. The van der Waals surface area contributed by atoms with Gasteiger partial charge in [0.25, 0.3) is 5.91 Å². The molecule has 2 rings (SSSR count). The average Bonchev–Trinajstić information content (AvgIpc) is 2.96. The van der Waals surface area contributed by atoms with E-state index < -0.39 is 0 Å². The van der Waals surface area contributed by atoms with Crippen molar-refractivity contribution in [3.05, 3.63) is 34.0 Å². The first-order valence-corrected chi connectivity index (χ1v) is 7.13. The number of thiazole rings is 1. The summed E-state index contributed by atoms with van der Waals surface area (Å²) in [6.45, 7) is 7.92. The zero-order valence-corrected chi connectivity index (χ0v) is 12.4. The van der Waals surface area contributed by atoms with Crippen LogP contribution in [-0.2, 0) is 0 Å². The van der Waals surface area contributed by atoms with Crippen LogP contribution in [0.15, 0.2) is 17.6 Å². The second-order valence-electron chi connectivity index (χ2n) is 4.76. The van der Waals surface area contributed by atoms with Gasteiger partial charge in [0.1, 0.15) is 5.69 Å². The van der Waals surface area contributed by atoms with Gasteiger partial charge in [0.05, 0.1) is 16.7 Å². The Labute approximate surface area is 116 Å². The molecule has 0 aliphatic rings. The Morgan fingerprint density at radius 2 is 2.16 bits per heavy atom. The van der Waals surface area contributed by atoms with Gasteiger partial charge in [-0.15, -0.1) is 11.3 Å². The lowest BCUT2D eigenvalue weighted by Gasteiger charge is -2.10. The number of rotatable bonds is 4. The average molecular weight is 278 g/mol. The Hall–Kier alpha value is -1.69. The summed E-state index contributed by atoms with van der Waals surface area (Å²) in [4.78, 5) is 16.4. The number of aromatic nitrogens is 3. The summed E-state index contributed by atoms with van der Waals surface area (Å²) in [6.07, 6.45) is 1.82. The minimum Gasteiger partial charge on any atom is -0.343 e. The van der Waals surface area contributed by atoms with Crippen molar-refractivity contribution in [2.45, 2.75) is 39.8 Å². The summed E-state index contributed by atoms with van der Waals surface area (Å²) in [6, 6.07) is 1.87. The highest BCUT2D eigenvalue weighted by atomic mass is 32.1. The summed E-state index contributed by atoms with van der Waals surface area (Å²) < 4.78 is 1.77. The Morgan fingerprint density at radius 1 is 1.42 bits per heavy atom. The number of carbonyl (C=O) groups is 1. The molecule has 2 aromatic rings. The van der Waals surface area contributed by atoms with Gasteiger partial charge in [-0.25, -0.2) is 4.98 Å². The van der Waals surface area contributed by atoms with Gasteiger partial charge >= 0.3 is 0 Å². The molecule has 0 aliphatic carbocycles. The van der Waals surface area contributed by atoms with Crippen LogP contribution in [0.4, 0.5) is 0 Å². The Balaban J connectivity index is 2.04. The van der Waals surface area contributed by atoms with Gasteiger partial charge in [-0.2, -0.15) is 5.10 Å². The van der Waals surface area contributed by atoms with E-state index >= 15 is 0 Å². The number of nitrogens with one attached hydrogen (secondary N) is 1. The highest BCUT2D eigenvalue weighted by molar-refractivity contribution is 7.09. The maximum Gasteiger partial charge on any atom is 0.272 e. The zero-order chi connectivity index (χ0) is 14.0. The smallest absolute Gasteiger partial charge is 0.272 e. The third-order valence-corrected chi connectivity index (χ3v) is 3.59. The van der Waals surface area contributed by atoms with E-state index in [4.69, 9.17) is 0 Å². The predicted molar refractivity (Wildman–Crippen MR) is 75.3 cm³/mol. The lowest BCUT2D eigenvalue weighted by atomic mass is 10.2. The summed E-state index contributed by atoms with van der Waals surface area (Å²) >= 11 is 1.58. The Morgan fingerprint density at radius 3 is 2.68 bits per heavy atom. The molecule has 1 atom stereocenters. The van der Waals surface area contributed by atoms with Gasteiger partial charge in [0.2, 0.25) is 0 Å². The maximum atomic E-state index is 12.1. The van der Waals surface area contributed by atoms with Gasteiger partial charge < -0.3 is 5.32 Å². The van der Waals surface area contributed by atoms with Crippen LogP contribution in [0, 0.1) is 6.92 Å². The van der Waals surface area contributed by atoms with E-state index in [0.717, 1.165) is 10.7 Å². The van der Waals surface area contributed by atoms with Gasteiger partial charge in [-0.3, -0.25) is 9.48 Å². The first kappa shape index (κ1) is 13.7. The fraction of sp³-hybridized carbons (Fsp3) is 0.462. The molecule has 19 heavy (non-hydrogen) atoms. The second kappa shape index (κ2) is 5.52. The fourth-order valence-electron chi connectivity index (χ4n) is 1.67. The van der Waals surface area contributed by atoms with Crippen molar-refractivity contribution in [2.24, 2.45) is 0 Å². The third-order valence-electron chi connectivity index (χ3n) is 2.80. The molecule has 0 saturated carbocycles. The van der Waals surface area contributed by atoms with Crippen molar-refractivity contribution in [3.8, 4) is 0 Å². The molecule has 2 aromatic heterocycles. The van der Waals surface area contributed by atoms with Crippen molar-refractivity contribution < 1.29 is 4.79 Å². The van der Waals surface area contributed by atoms with E-state index in [9.17, 15) is 4.79 Å². The summed E-state index contributed by atoms with van der Waals surface area (Å²) in [7, 11) is 0. The molecule has 102 valence electrons. The Bertz CT molecular complexity index is 573. The molecular weight excluding hydrogens is 260 g/mol. The van der Waals surface area contributed by atoms with Crippen LogP contribution in [0.5, 0.6) is 0 Å². The number of nitrogens with zero attached hydrogens (tertiary/aromatic N) is 3. The number of amides is 1.